The first kappa shape index (κ1) is 21.2. The van der Waals surface area contributed by atoms with Crippen molar-refractivity contribution >= 4 is 17.8 Å². The van der Waals surface area contributed by atoms with Crippen molar-refractivity contribution in [2.45, 2.75) is 38.8 Å². The van der Waals surface area contributed by atoms with Gasteiger partial charge in [-0.2, -0.15) is 0 Å². The number of benzene rings is 2. The van der Waals surface area contributed by atoms with Crippen LogP contribution in [-0.4, -0.2) is 37.1 Å². The molecule has 148 valence electrons. The first-order valence-electron chi connectivity index (χ1n) is 9.14. The fourth-order valence-corrected chi connectivity index (χ4v) is 2.60. The van der Waals surface area contributed by atoms with E-state index in [0.717, 1.165) is 12.8 Å². The molecule has 0 saturated carbocycles. The number of carbonyl (C=O) groups is 3. The van der Waals surface area contributed by atoms with Crippen LogP contribution >= 0.6 is 0 Å². The molecule has 6 heteroatoms. The average Bonchev–Trinajstić information content (AvgIpc) is 2.72. The maximum Gasteiger partial charge on any atom is 0.338 e. The first-order chi connectivity index (χ1) is 13.4. The zero-order valence-electron chi connectivity index (χ0n) is 16.3. The number of hydrogen-bond donors (Lipinski definition) is 1. The molecule has 2 atom stereocenters. The highest BCUT2D eigenvalue weighted by atomic mass is 16.5. The summed E-state index contributed by atoms with van der Waals surface area (Å²) >= 11 is 0. The fourth-order valence-electron chi connectivity index (χ4n) is 2.60. The molecule has 2 aromatic rings. The number of amides is 1. The van der Waals surface area contributed by atoms with E-state index in [1.54, 1.807) is 0 Å². The molecule has 0 aliphatic heterocycles. The van der Waals surface area contributed by atoms with Crippen molar-refractivity contribution in [1.29, 1.82) is 0 Å². The molecule has 0 aromatic heterocycles. The van der Waals surface area contributed by atoms with Crippen LogP contribution in [0.4, 0.5) is 0 Å². The van der Waals surface area contributed by atoms with E-state index in [1.165, 1.54) is 43.9 Å². The van der Waals surface area contributed by atoms with Crippen LogP contribution in [0.3, 0.4) is 0 Å². The van der Waals surface area contributed by atoms with Gasteiger partial charge in [-0.25, -0.2) is 9.59 Å². The van der Waals surface area contributed by atoms with Crippen LogP contribution in [0.2, 0.25) is 0 Å². The maximum atomic E-state index is 12.3. The molecule has 0 bridgehead atoms. The van der Waals surface area contributed by atoms with Crippen LogP contribution in [-0.2, 0) is 20.7 Å². The van der Waals surface area contributed by atoms with Crippen molar-refractivity contribution in [3.8, 4) is 0 Å². The number of ether oxygens (including phenoxy) is 2. The summed E-state index contributed by atoms with van der Waals surface area (Å²) in [5.41, 5.74) is 1.79. The largest absolute Gasteiger partial charge is 0.465 e. The predicted molar refractivity (Wildman–Crippen MR) is 105 cm³/mol. The minimum absolute atomic E-state index is 0.0480. The molecule has 0 radical (unpaired) electrons. The zero-order valence-corrected chi connectivity index (χ0v) is 16.3. The smallest absolute Gasteiger partial charge is 0.338 e. The quantitative estimate of drug-likeness (QED) is 0.708. The lowest BCUT2D eigenvalue weighted by Gasteiger charge is -2.18. The Balaban J connectivity index is 1.82. The van der Waals surface area contributed by atoms with E-state index in [4.69, 9.17) is 4.74 Å². The van der Waals surface area contributed by atoms with Gasteiger partial charge in [0.2, 0.25) is 0 Å². The Hall–Kier alpha value is -3.15. The Morgan fingerprint density at radius 2 is 1.46 bits per heavy atom. The van der Waals surface area contributed by atoms with Gasteiger partial charge in [-0.15, -0.1) is 0 Å². The van der Waals surface area contributed by atoms with Crippen LogP contribution in [0.25, 0.3) is 0 Å². The van der Waals surface area contributed by atoms with E-state index in [2.05, 4.69) is 10.1 Å². The number of aryl methyl sites for hydroxylation is 1. The standard InChI is InChI=1S/C22H25NO5/c1-15(9-10-17-7-5-4-6-8-17)23-20(24)16(2)28-22(26)19-13-11-18(12-14-19)21(25)27-3/h4-8,11-16H,9-10H2,1-3H3,(H,23,24)/t15-,16-/m0/s1. The summed E-state index contributed by atoms with van der Waals surface area (Å²) in [5, 5.41) is 2.86. The zero-order chi connectivity index (χ0) is 20.5. The fraction of sp³-hybridized carbons (Fsp3) is 0.318. The predicted octanol–water partition coefficient (Wildman–Crippen LogP) is 3.16. The third-order valence-corrected chi connectivity index (χ3v) is 4.29. The van der Waals surface area contributed by atoms with Gasteiger partial charge in [0.05, 0.1) is 18.2 Å². The molecule has 0 aliphatic rings. The van der Waals surface area contributed by atoms with E-state index < -0.39 is 18.0 Å². The number of hydrogen-bond acceptors (Lipinski definition) is 5. The normalized spacial score (nSPS) is 12.5. The van der Waals surface area contributed by atoms with Gasteiger partial charge in [0.25, 0.3) is 5.91 Å². The highest BCUT2D eigenvalue weighted by Gasteiger charge is 2.20. The molecule has 2 aromatic carbocycles. The summed E-state index contributed by atoms with van der Waals surface area (Å²) in [6, 6.07) is 15.8. The van der Waals surface area contributed by atoms with Crippen molar-refractivity contribution in [3.63, 3.8) is 0 Å². The van der Waals surface area contributed by atoms with Crippen molar-refractivity contribution < 1.29 is 23.9 Å². The van der Waals surface area contributed by atoms with E-state index >= 15 is 0 Å². The summed E-state index contributed by atoms with van der Waals surface area (Å²) in [5.74, 6) is -1.46. The van der Waals surface area contributed by atoms with Gasteiger partial charge >= 0.3 is 11.9 Å². The maximum absolute atomic E-state index is 12.3. The monoisotopic (exact) mass is 383 g/mol. The molecule has 0 aliphatic carbocycles. The number of methoxy groups -OCH3 is 1. The van der Waals surface area contributed by atoms with Gasteiger partial charge in [0, 0.05) is 6.04 Å². The lowest BCUT2D eigenvalue weighted by atomic mass is 10.1. The lowest BCUT2D eigenvalue weighted by molar-refractivity contribution is -0.129. The Bertz CT molecular complexity index is 801. The average molecular weight is 383 g/mol. The van der Waals surface area contributed by atoms with Gasteiger partial charge in [-0.3, -0.25) is 4.79 Å². The molecule has 0 fully saturated rings. The Morgan fingerprint density at radius 3 is 2.04 bits per heavy atom. The van der Waals surface area contributed by atoms with Gasteiger partial charge < -0.3 is 14.8 Å². The minimum atomic E-state index is -0.924. The van der Waals surface area contributed by atoms with Gasteiger partial charge in [0.1, 0.15) is 0 Å². The van der Waals surface area contributed by atoms with Crippen LogP contribution in [0.15, 0.2) is 54.6 Å². The number of nitrogens with one attached hydrogen (secondary N) is 1. The lowest BCUT2D eigenvalue weighted by Crippen LogP contribution is -2.41. The topological polar surface area (TPSA) is 81.7 Å². The summed E-state index contributed by atoms with van der Waals surface area (Å²) in [7, 11) is 1.28. The summed E-state index contributed by atoms with van der Waals surface area (Å²) in [4.78, 5) is 35.9. The number of carbonyl (C=O) groups excluding carboxylic acids is 3. The van der Waals surface area contributed by atoms with E-state index in [1.807, 2.05) is 37.3 Å². The highest BCUT2D eigenvalue weighted by molar-refractivity contribution is 5.94. The molecule has 0 unspecified atom stereocenters. The SMILES string of the molecule is COC(=O)c1ccc(C(=O)O[C@@H](C)C(=O)N[C@@H](C)CCc2ccccc2)cc1. The number of rotatable bonds is 8. The molecule has 1 amide bonds. The van der Waals surface area contributed by atoms with Crippen molar-refractivity contribution in [3.05, 3.63) is 71.3 Å². The first-order valence-corrected chi connectivity index (χ1v) is 9.14. The van der Waals surface area contributed by atoms with Crippen LogP contribution in [0.1, 0.15) is 46.5 Å². The molecule has 2 rings (SSSR count). The second kappa shape index (κ2) is 10.3. The summed E-state index contributed by atoms with van der Waals surface area (Å²) < 4.78 is 9.83. The summed E-state index contributed by atoms with van der Waals surface area (Å²) in [6.07, 6.45) is 0.709. The second-order valence-corrected chi connectivity index (χ2v) is 6.55. The van der Waals surface area contributed by atoms with Crippen LogP contribution in [0, 0.1) is 0 Å². The third kappa shape index (κ3) is 6.23. The Kier molecular flexibility index (Phi) is 7.75. The van der Waals surface area contributed by atoms with E-state index in [0.29, 0.717) is 5.56 Å². The molecular formula is C22H25NO5. The van der Waals surface area contributed by atoms with Crippen LogP contribution < -0.4 is 5.32 Å². The van der Waals surface area contributed by atoms with Crippen molar-refractivity contribution in [2.24, 2.45) is 0 Å². The minimum Gasteiger partial charge on any atom is -0.465 e. The summed E-state index contributed by atoms with van der Waals surface area (Å²) in [6.45, 7) is 3.45. The van der Waals surface area contributed by atoms with Crippen LogP contribution in [0.5, 0.6) is 0 Å². The molecular weight excluding hydrogens is 358 g/mol. The number of esters is 2. The second-order valence-electron chi connectivity index (χ2n) is 6.55. The molecule has 0 heterocycles. The Morgan fingerprint density at radius 1 is 0.893 bits per heavy atom. The van der Waals surface area contributed by atoms with Gasteiger partial charge in [0.15, 0.2) is 6.10 Å². The third-order valence-electron chi connectivity index (χ3n) is 4.29. The molecule has 1 N–H and O–H groups in total. The molecule has 6 nitrogen and oxygen atoms in total. The van der Waals surface area contributed by atoms with Crippen molar-refractivity contribution in [1.82, 2.24) is 5.32 Å². The van der Waals surface area contributed by atoms with E-state index in [9.17, 15) is 14.4 Å². The van der Waals surface area contributed by atoms with E-state index in [-0.39, 0.29) is 17.5 Å². The van der Waals surface area contributed by atoms with Gasteiger partial charge in [-0.05, 0) is 56.5 Å². The molecule has 0 saturated heterocycles. The molecule has 28 heavy (non-hydrogen) atoms. The Labute approximate surface area is 164 Å². The van der Waals surface area contributed by atoms with Gasteiger partial charge in [-0.1, -0.05) is 30.3 Å². The van der Waals surface area contributed by atoms with Crippen molar-refractivity contribution in [2.75, 3.05) is 7.11 Å². The molecule has 0 spiro atoms. The highest BCUT2D eigenvalue weighted by Crippen LogP contribution is 2.09.